The maximum Gasteiger partial charge on any atom is 0.421 e. The first kappa shape index (κ1) is 23.9. The fraction of sp³-hybridized carbons (Fsp3) is 0.333. The zero-order valence-electron chi connectivity index (χ0n) is 16.1. The highest BCUT2D eigenvalue weighted by Gasteiger charge is 2.39. The van der Waals surface area contributed by atoms with Gasteiger partial charge in [0, 0.05) is 0 Å². The Balaban J connectivity index is 2.34. The van der Waals surface area contributed by atoms with Crippen LogP contribution in [0.15, 0.2) is 36.4 Å². The fourth-order valence-electron chi connectivity index (χ4n) is 2.91. The van der Waals surface area contributed by atoms with E-state index < -0.39 is 58.8 Å². The van der Waals surface area contributed by atoms with Gasteiger partial charge in [0.2, 0.25) is 0 Å². The Morgan fingerprint density at radius 3 is 1.77 bits per heavy atom. The van der Waals surface area contributed by atoms with Crippen molar-refractivity contribution in [2.75, 3.05) is 6.61 Å². The molecular formula is C21H16F6N2O2. The third-order valence-corrected chi connectivity index (χ3v) is 4.19. The second-order valence-electron chi connectivity index (χ2n) is 6.42. The van der Waals surface area contributed by atoms with Crippen molar-refractivity contribution < 1.29 is 35.8 Å². The lowest BCUT2D eigenvalue weighted by Crippen LogP contribution is -2.27. The molecule has 1 atom stereocenters. The highest BCUT2D eigenvalue weighted by molar-refractivity contribution is 5.49. The van der Waals surface area contributed by atoms with Crippen LogP contribution in [0.4, 0.5) is 26.3 Å². The van der Waals surface area contributed by atoms with Crippen molar-refractivity contribution in [1.29, 1.82) is 10.5 Å². The van der Waals surface area contributed by atoms with Crippen LogP contribution in [-0.4, -0.2) is 12.7 Å². The number of alkyl halides is 6. The molecule has 1 unspecified atom stereocenters. The van der Waals surface area contributed by atoms with Gasteiger partial charge in [-0.25, -0.2) is 0 Å². The summed E-state index contributed by atoms with van der Waals surface area (Å²) >= 11 is 0. The first-order valence-corrected chi connectivity index (χ1v) is 9.03. The van der Waals surface area contributed by atoms with E-state index in [0.29, 0.717) is 6.42 Å². The van der Waals surface area contributed by atoms with Crippen LogP contribution in [0, 0.1) is 22.7 Å². The normalized spacial score (nSPS) is 12.5. The van der Waals surface area contributed by atoms with Crippen LogP contribution in [0.3, 0.4) is 0 Å². The van der Waals surface area contributed by atoms with Gasteiger partial charge in [-0.3, -0.25) is 0 Å². The molecule has 0 saturated heterocycles. The zero-order chi connectivity index (χ0) is 23.2. The number of rotatable bonds is 7. The lowest BCUT2D eigenvalue weighted by atomic mass is 10.1. The summed E-state index contributed by atoms with van der Waals surface area (Å²) in [5, 5.41) is 17.9. The van der Waals surface area contributed by atoms with Gasteiger partial charge >= 0.3 is 12.4 Å². The number of hydrogen-bond acceptors (Lipinski definition) is 4. The summed E-state index contributed by atoms with van der Waals surface area (Å²) in [6.07, 6.45) is -10.2. The lowest BCUT2D eigenvalue weighted by molar-refractivity contribution is -0.141. The predicted molar refractivity (Wildman–Crippen MR) is 97.1 cm³/mol. The molecule has 2 aromatic rings. The van der Waals surface area contributed by atoms with Crippen molar-refractivity contribution in [3.63, 3.8) is 0 Å². The Morgan fingerprint density at radius 2 is 1.32 bits per heavy atom. The molecule has 0 spiro atoms. The van der Waals surface area contributed by atoms with E-state index in [4.69, 9.17) is 20.0 Å². The van der Waals surface area contributed by atoms with Crippen LogP contribution in [0.5, 0.6) is 11.5 Å². The molecule has 0 radical (unpaired) electrons. The van der Waals surface area contributed by atoms with Gasteiger partial charge in [0.1, 0.15) is 35.3 Å². The summed E-state index contributed by atoms with van der Waals surface area (Å²) in [4.78, 5) is 0. The summed E-state index contributed by atoms with van der Waals surface area (Å²) in [5.74, 6) is -1.24. The maximum atomic E-state index is 13.4. The third kappa shape index (κ3) is 5.82. The fourth-order valence-corrected chi connectivity index (χ4v) is 2.91. The lowest BCUT2D eigenvalue weighted by Gasteiger charge is -2.23. The van der Waals surface area contributed by atoms with Gasteiger partial charge in [-0.15, -0.1) is 0 Å². The molecule has 4 nitrogen and oxygen atoms in total. The Hall–Kier alpha value is -3.40. The summed E-state index contributed by atoms with van der Waals surface area (Å²) in [5.41, 5.74) is -3.81. The van der Waals surface area contributed by atoms with E-state index in [1.54, 1.807) is 6.92 Å². The van der Waals surface area contributed by atoms with E-state index in [9.17, 15) is 26.3 Å². The quantitative estimate of drug-likeness (QED) is 0.487. The van der Waals surface area contributed by atoms with Crippen LogP contribution in [0.2, 0.25) is 0 Å². The average Bonchev–Trinajstić information content (AvgIpc) is 2.70. The average molecular weight is 442 g/mol. The van der Waals surface area contributed by atoms with Gasteiger partial charge in [-0.1, -0.05) is 25.5 Å². The summed E-state index contributed by atoms with van der Waals surface area (Å²) in [6, 6.07) is 9.34. The van der Waals surface area contributed by atoms with Crippen LogP contribution in [0.25, 0.3) is 0 Å². The molecule has 0 bridgehead atoms. The predicted octanol–water partition coefficient (Wildman–Crippen LogP) is 6.09. The zero-order valence-corrected chi connectivity index (χ0v) is 16.1. The van der Waals surface area contributed by atoms with E-state index in [1.165, 1.54) is 24.3 Å². The van der Waals surface area contributed by atoms with E-state index in [1.807, 2.05) is 0 Å². The van der Waals surface area contributed by atoms with Gasteiger partial charge in [-0.05, 0) is 30.7 Å². The van der Waals surface area contributed by atoms with Crippen molar-refractivity contribution in [2.24, 2.45) is 0 Å². The molecule has 31 heavy (non-hydrogen) atoms. The Kier molecular flexibility index (Phi) is 7.40. The minimum absolute atomic E-state index is 0.174. The Labute approximate surface area is 174 Å². The molecule has 0 aromatic heterocycles. The minimum atomic E-state index is -4.87. The summed E-state index contributed by atoms with van der Waals surface area (Å²) < 4.78 is 91.0. The maximum absolute atomic E-state index is 13.4. The molecule has 0 fully saturated rings. The highest BCUT2D eigenvalue weighted by Crippen LogP contribution is 2.40. The number of ether oxygens (including phenoxy) is 2. The topological polar surface area (TPSA) is 66.0 Å². The number of halogens is 6. The van der Waals surface area contributed by atoms with Gasteiger partial charge in [0.05, 0.1) is 23.3 Å². The molecule has 2 aromatic carbocycles. The molecule has 0 N–H and O–H groups in total. The largest absolute Gasteiger partial charge is 0.489 e. The standard InChI is InChI=1S/C21H16F6N2O2/c1-2-5-15(31-17-9-4-7-14(11-29)19(17)21(25,26)27)12-30-16-8-3-6-13(10-28)18(16)20(22,23)24/h3-4,6-9,15H,2,5,12H2,1H3. The molecule has 2 rings (SSSR count). The SMILES string of the molecule is CCCC(COc1cccc(C#N)c1C(F)(F)F)Oc1cccc(C#N)c1C(F)(F)F. The second kappa shape index (κ2) is 9.61. The van der Waals surface area contributed by atoms with E-state index in [0.717, 1.165) is 24.3 Å². The Bertz CT molecular complexity index is 1000. The summed E-state index contributed by atoms with van der Waals surface area (Å²) in [7, 11) is 0. The smallest absolute Gasteiger partial charge is 0.421 e. The molecule has 0 amide bonds. The molecule has 0 heterocycles. The van der Waals surface area contributed by atoms with Crippen LogP contribution in [-0.2, 0) is 12.4 Å². The van der Waals surface area contributed by atoms with E-state index >= 15 is 0 Å². The summed E-state index contributed by atoms with van der Waals surface area (Å²) in [6.45, 7) is 1.21. The van der Waals surface area contributed by atoms with Crippen LogP contribution >= 0.6 is 0 Å². The molecule has 0 aliphatic rings. The Morgan fingerprint density at radius 1 is 0.839 bits per heavy atom. The second-order valence-corrected chi connectivity index (χ2v) is 6.42. The first-order chi connectivity index (χ1) is 14.5. The van der Waals surface area contributed by atoms with Crippen molar-refractivity contribution in [2.45, 2.75) is 38.2 Å². The number of nitriles is 2. The minimum Gasteiger partial charge on any atom is -0.489 e. The van der Waals surface area contributed by atoms with Gasteiger partial charge in [-0.2, -0.15) is 36.9 Å². The number of nitrogens with zero attached hydrogens (tertiary/aromatic N) is 2. The van der Waals surface area contributed by atoms with E-state index in [-0.39, 0.29) is 6.42 Å². The number of hydrogen-bond donors (Lipinski definition) is 0. The molecule has 164 valence electrons. The third-order valence-electron chi connectivity index (χ3n) is 4.19. The molecule has 10 heteroatoms. The van der Waals surface area contributed by atoms with Crippen molar-refractivity contribution in [1.82, 2.24) is 0 Å². The van der Waals surface area contributed by atoms with Crippen molar-refractivity contribution in [3.8, 4) is 23.6 Å². The van der Waals surface area contributed by atoms with Gasteiger partial charge < -0.3 is 9.47 Å². The van der Waals surface area contributed by atoms with Crippen LogP contribution in [0.1, 0.15) is 42.0 Å². The monoisotopic (exact) mass is 442 g/mol. The molecule has 0 aliphatic carbocycles. The molecule has 0 aliphatic heterocycles. The van der Waals surface area contributed by atoms with Crippen LogP contribution < -0.4 is 9.47 Å². The van der Waals surface area contributed by atoms with Crippen molar-refractivity contribution in [3.05, 3.63) is 58.7 Å². The highest BCUT2D eigenvalue weighted by atomic mass is 19.4. The van der Waals surface area contributed by atoms with Gasteiger partial charge in [0.25, 0.3) is 0 Å². The first-order valence-electron chi connectivity index (χ1n) is 9.03. The van der Waals surface area contributed by atoms with Crippen molar-refractivity contribution >= 4 is 0 Å². The molecular weight excluding hydrogens is 426 g/mol. The van der Waals surface area contributed by atoms with E-state index in [2.05, 4.69) is 0 Å². The van der Waals surface area contributed by atoms with Gasteiger partial charge in [0.15, 0.2) is 0 Å². The molecule has 0 saturated carbocycles. The number of benzene rings is 2.